The van der Waals surface area contributed by atoms with Crippen LogP contribution < -0.4 is 10.1 Å². The van der Waals surface area contributed by atoms with Crippen LogP contribution in [0.1, 0.15) is 0 Å². The molecule has 3 N–H and O–H groups in total. The zero-order valence-electron chi connectivity index (χ0n) is 24.7. The lowest BCUT2D eigenvalue weighted by Crippen LogP contribution is -2.27. The zero-order valence-corrected chi connectivity index (χ0v) is 24.7. The number of nitrogens with one attached hydrogen (secondary N) is 3. The predicted molar refractivity (Wildman–Crippen MR) is 167 cm³/mol. The van der Waals surface area contributed by atoms with Gasteiger partial charge in [-0.05, 0) is 64.1 Å². The van der Waals surface area contributed by atoms with E-state index in [4.69, 9.17) is 9.72 Å². The Morgan fingerprint density at radius 3 is 2.68 bits per heavy atom. The highest BCUT2D eigenvalue weighted by Gasteiger charge is 2.18. The summed E-state index contributed by atoms with van der Waals surface area (Å²) in [6, 6.07) is 10.1. The number of halogens is 1. The maximum Gasteiger partial charge on any atom is 0.238 e. The molecule has 1 aromatic carbocycles. The number of fused-ring (bicyclic) bond motifs is 2. The third-order valence-electron chi connectivity index (χ3n) is 6.82. The molecule has 0 unspecified atom stereocenters. The summed E-state index contributed by atoms with van der Waals surface area (Å²) in [7, 11) is 7.56. The summed E-state index contributed by atoms with van der Waals surface area (Å²) in [6.07, 6.45) is 6.62. The van der Waals surface area contributed by atoms with Crippen LogP contribution in [-0.4, -0.2) is 98.7 Å². The van der Waals surface area contributed by atoms with Crippen LogP contribution in [0.15, 0.2) is 61.2 Å². The number of rotatable bonds is 10. The molecular weight excluding hydrogens is 563 g/mol. The van der Waals surface area contributed by atoms with Crippen LogP contribution >= 0.6 is 0 Å². The van der Waals surface area contributed by atoms with Crippen LogP contribution in [0.3, 0.4) is 0 Å². The van der Waals surface area contributed by atoms with E-state index in [1.807, 2.05) is 45.2 Å². The molecule has 0 saturated heterocycles. The van der Waals surface area contributed by atoms with Crippen molar-refractivity contribution in [3.8, 4) is 39.7 Å². The first kappa shape index (κ1) is 28.8. The molecule has 5 heterocycles. The highest BCUT2D eigenvalue weighted by Crippen LogP contribution is 2.33. The number of amides is 1. The number of hydrogen-bond donors (Lipinski definition) is 3. The van der Waals surface area contributed by atoms with Gasteiger partial charge in [0.15, 0.2) is 11.5 Å². The summed E-state index contributed by atoms with van der Waals surface area (Å²) in [6.45, 7) is 1.40. The van der Waals surface area contributed by atoms with E-state index in [9.17, 15) is 9.18 Å². The van der Waals surface area contributed by atoms with Crippen LogP contribution in [0.2, 0.25) is 0 Å². The Bertz CT molecular complexity index is 1970. The third-order valence-corrected chi connectivity index (χ3v) is 6.82. The molecule has 5 aromatic heterocycles. The topological polar surface area (TPSA) is 141 Å². The fourth-order valence-electron chi connectivity index (χ4n) is 4.79. The SMILES string of the molecule is CN(C)CCOc1cc(F)cc(-c2ccnc3[nH]c(-c4n[nH]c5cnc(-c6cncc(NC(=O)CN(C)C)c6)cc45)nc23)c1. The quantitative estimate of drug-likeness (QED) is 0.213. The van der Waals surface area contributed by atoms with Gasteiger partial charge in [0.25, 0.3) is 0 Å². The Morgan fingerprint density at radius 2 is 1.86 bits per heavy atom. The Labute approximate surface area is 252 Å². The molecule has 0 aliphatic heterocycles. The monoisotopic (exact) mass is 594 g/mol. The number of anilines is 1. The van der Waals surface area contributed by atoms with Crippen LogP contribution in [0.4, 0.5) is 10.1 Å². The molecule has 6 aromatic rings. The minimum absolute atomic E-state index is 0.140. The minimum Gasteiger partial charge on any atom is -0.492 e. The van der Waals surface area contributed by atoms with Gasteiger partial charge in [0.1, 0.15) is 29.4 Å². The summed E-state index contributed by atoms with van der Waals surface area (Å²) < 4.78 is 20.4. The van der Waals surface area contributed by atoms with Crippen LogP contribution in [0.25, 0.3) is 56.0 Å². The van der Waals surface area contributed by atoms with Gasteiger partial charge in [-0.25, -0.2) is 14.4 Å². The van der Waals surface area contributed by atoms with E-state index in [1.54, 1.807) is 41.8 Å². The molecule has 0 fully saturated rings. The number of carbonyl (C=O) groups excluding carboxylic acids is 1. The molecule has 44 heavy (non-hydrogen) atoms. The maximum atomic E-state index is 14.6. The highest BCUT2D eigenvalue weighted by atomic mass is 19.1. The number of ether oxygens (including phenoxy) is 1. The lowest BCUT2D eigenvalue weighted by Gasteiger charge is -2.12. The van der Waals surface area contributed by atoms with Crippen molar-refractivity contribution < 1.29 is 13.9 Å². The first-order valence-corrected chi connectivity index (χ1v) is 13.9. The van der Waals surface area contributed by atoms with Gasteiger partial charge in [-0.3, -0.25) is 19.9 Å². The van der Waals surface area contributed by atoms with E-state index in [1.165, 1.54) is 12.1 Å². The smallest absolute Gasteiger partial charge is 0.238 e. The Morgan fingerprint density at radius 1 is 1.00 bits per heavy atom. The molecule has 1 amide bonds. The van der Waals surface area contributed by atoms with Crippen molar-refractivity contribution in [2.75, 3.05) is 53.2 Å². The number of aromatic amines is 2. The van der Waals surface area contributed by atoms with Crippen LogP contribution in [-0.2, 0) is 4.79 Å². The number of aromatic nitrogens is 7. The molecule has 6 rings (SSSR count). The van der Waals surface area contributed by atoms with E-state index in [-0.39, 0.29) is 12.5 Å². The molecule has 0 aliphatic carbocycles. The van der Waals surface area contributed by atoms with Crippen LogP contribution in [0.5, 0.6) is 5.75 Å². The summed E-state index contributed by atoms with van der Waals surface area (Å²) in [5, 5.41) is 11.2. The molecule has 0 spiro atoms. The largest absolute Gasteiger partial charge is 0.492 e. The Kier molecular flexibility index (Phi) is 7.96. The van der Waals surface area contributed by atoms with Crippen molar-refractivity contribution in [3.05, 3.63) is 67.0 Å². The maximum absolute atomic E-state index is 14.6. The standard InChI is InChI=1S/C31H31FN10O2/c1-41(2)7-8-44-22-11-18(9-20(32)12-22)23-5-6-34-30-28(23)37-31(38-30)29-24-13-25(35-16-26(24)39-40-29)19-10-21(15-33-14-19)36-27(43)17-42(3)4/h5-6,9-16H,7-8,17H2,1-4H3,(H,36,43)(H,39,40)(H,34,37,38). The molecule has 224 valence electrons. The summed E-state index contributed by atoms with van der Waals surface area (Å²) in [5.74, 6) is 0.387. The van der Waals surface area contributed by atoms with E-state index in [0.717, 1.165) is 10.9 Å². The number of pyridine rings is 3. The fraction of sp³-hybridized carbons (Fsp3) is 0.226. The number of likely N-dealkylation sites (N-methyl/N-ethyl adjacent to an activating group) is 2. The lowest BCUT2D eigenvalue weighted by molar-refractivity contribution is -0.116. The van der Waals surface area contributed by atoms with Gasteiger partial charge in [0, 0.05) is 41.5 Å². The van der Waals surface area contributed by atoms with Gasteiger partial charge in [-0.2, -0.15) is 5.10 Å². The van der Waals surface area contributed by atoms with Crippen molar-refractivity contribution in [2.45, 2.75) is 0 Å². The molecule has 0 bridgehead atoms. The first-order valence-electron chi connectivity index (χ1n) is 13.9. The number of benzene rings is 1. The van der Waals surface area contributed by atoms with Crippen LogP contribution in [0, 0.1) is 5.82 Å². The van der Waals surface area contributed by atoms with Gasteiger partial charge >= 0.3 is 0 Å². The van der Waals surface area contributed by atoms with Gasteiger partial charge in [-0.15, -0.1) is 0 Å². The Hall–Kier alpha value is -5.27. The van der Waals surface area contributed by atoms with Gasteiger partial charge in [-0.1, -0.05) is 0 Å². The van der Waals surface area contributed by atoms with E-state index >= 15 is 0 Å². The Balaban J connectivity index is 1.33. The molecular formula is C31H31FN10O2. The lowest BCUT2D eigenvalue weighted by atomic mass is 10.1. The number of carbonyl (C=O) groups is 1. The van der Waals surface area contributed by atoms with Crippen molar-refractivity contribution in [3.63, 3.8) is 0 Å². The van der Waals surface area contributed by atoms with E-state index in [0.29, 0.717) is 69.6 Å². The second-order valence-electron chi connectivity index (χ2n) is 10.9. The number of nitrogens with zero attached hydrogens (tertiary/aromatic N) is 7. The second-order valence-corrected chi connectivity index (χ2v) is 10.9. The van der Waals surface area contributed by atoms with Crippen molar-refractivity contribution in [2.24, 2.45) is 0 Å². The molecule has 0 aliphatic rings. The normalized spacial score (nSPS) is 11.6. The summed E-state index contributed by atoms with van der Waals surface area (Å²) in [5.41, 5.74) is 5.67. The highest BCUT2D eigenvalue weighted by molar-refractivity contribution is 5.97. The van der Waals surface area contributed by atoms with Gasteiger partial charge in [0.05, 0.1) is 35.8 Å². The average Bonchev–Trinajstić information content (AvgIpc) is 3.60. The second kappa shape index (κ2) is 12.1. The third kappa shape index (κ3) is 6.23. The molecule has 12 nitrogen and oxygen atoms in total. The number of hydrogen-bond acceptors (Lipinski definition) is 9. The molecule has 0 saturated carbocycles. The van der Waals surface area contributed by atoms with Gasteiger partial charge < -0.3 is 24.8 Å². The van der Waals surface area contributed by atoms with Crippen molar-refractivity contribution >= 4 is 33.7 Å². The number of imidazole rings is 1. The molecule has 0 radical (unpaired) electrons. The van der Waals surface area contributed by atoms with E-state index in [2.05, 4.69) is 35.5 Å². The van der Waals surface area contributed by atoms with E-state index < -0.39 is 5.82 Å². The summed E-state index contributed by atoms with van der Waals surface area (Å²) in [4.78, 5) is 37.5. The predicted octanol–water partition coefficient (Wildman–Crippen LogP) is 4.20. The first-order chi connectivity index (χ1) is 21.2. The number of H-pyrrole nitrogens is 2. The average molecular weight is 595 g/mol. The minimum atomic E-state index is -0.405. The zero-order chi connectivity index (χ0) is 30.8. The van der Waals surface area contributed by atoms with Gasteiger partial charge in [0.2, 0.25) is 5.91 Å². The van der Waals surface area contributed by atoms with Crippen molar-refractivity contribution in [1.82, 2.24) is 44.9 Å². The summed E-state index contributed by atoms with van der Waals surface area (Å²) >= 11 is 0. The molecule has 13 heteroatoms. The molecule has 0 atom stereocenters. The fourth-order valence-corrected chi connectivity index (χ4v) is 4.79. The van der Waals surface area contributed by atoms with Crippen molar-refractivity contribution in [1.29, 1.82) is 0 Å².